The Labute approximate surface area is 120 Å². The predicted octanol–water partition coefficient (Wildman–Crippen LogP) is 3.67. The van der Waals surface area contributed by atoms with E-state index < -0.39 is 0 Å². The molecule has 0 unspecified atom stereocenters. The lowest BCUT2D eigenvalue weighted by Crippen LogP contribution is -2.30. The number of aromatic nitrogens is 3. The lowest BCUT2D eigenvalue weighted by atomic mass is 10.1. The van der Waals surface area contributed by atoms with Crippen molar-refractivity contribution < 1.29 is 4.74 Å². The number of rotatable bonds is 4. The third-order valence-corrected chi connectivity index (χ3v) is 3.41. The minimum Gasteiger partial charge on any atom is -0.374 e. The van der Waals surface area contributed by atoms with Gasteiger partial charge in [-0.3, -0.25) is 4.57 Å². The second-order valence-corrected chi connectivity index (χ2v) is 6.04. The summed E-state index contributed by atoms with van der Waals surface area (Å²) in [4.78, 5) is 7.57. The molecule has 0 bridgehead atoms. The van der Waals surface area contributed by atoms with Gasteiger partial charge in [-0.2, -0.15) is 0 Å². The molecular formula is C12H16BrN3OS. The predicted molar refractivity (Wildman–Crippen MR) is 78.3 cm³/mol. The smallest absolute Gasteiger partial charge is 0.179 e. The Balaban J connectivity index is 2.45. The highest BCUT2D eigenvalue weighted by molar-refractivity contribution is 9.10. The van der Waals surface area contributed by atoms with Crippen LogP contribution in [0.3, 0.4) is 0 Å². The number of fused-ring (bicyclic) bond motifs is 1. The summed E-state index contributed by atoms with van der Waals surface area (Å²) in [7, 11) is 0. The Morgan fingerprint density at radius 1 is 1.56 bits per heavy atom. The zero-order valence-electron chi connectivity index (χ0n) is 10.7. The number of H-pyrrole nitrogens is 1. The molecule has 0 aliphatic rings. The van der Waals surface area contributed by atoms with Crippen LogP contribution in [-0.2, 0) is 11.3 Å². The van der Waals surface area contributed by atoms with Crippen LogP contribution in [0.2, 0.25) is 0 Å². The standard InChI is InChI=1S/C12H16BrN3OS/c1-4-17-12(2,3)7-16-10-9(15-11(16)18)5-8(13)6-14-10/h5-6H,4,7H2,1-3H3,(H,15,18). The SMILES string of the molecule is CCOC(C)(C)Cn1c(=S)[nH]c2cc(Br)cnc21. The van der Waals surface area contributed by atoms with Crippen molar-refractivity contribution in [2.75, 3.05) is 6.61 Å². The van der Waals surface area contributed by atoms with Crippen molar-refractivity contribution in [3.05, 3.63) is 21.5 Å². The second kappa shape index (κ2) is 5.11. The molecule has 4 nitrogen and oxygen atoms in total. The van der Waals surface area contributed by atoms with Crippen LogP contribution in [-0.4, -0.2) is 26.7 Å². The van der Waals surface area contributed by atoms with Crippen LogP contribution in [0.4, 0.5) is 0 Å². The van der Waals surface area contributed by atoms with E-state index in [1.165, 1.54) is 0 Å². The molecule has 0 aliphatic heterocycles. The quantitative estimate of drug-likeness (QED) is 0.870. The number of pyridine rings is 1. The zero-order valence-corrected chi connectivity index (χ0v) is 13.1. The minimum absolute atomic E-state index is 0.267. The van der Waals surface area contributed by atoms with Gasteiger partial charge in [0.25, 0.3) is 0 Å². The first kappa shape index (κ1) is 13.7. The van der Waals surface area contributed by atoms with E-state index in [9.17, 15) is 0 Å². The van der Waals surface area contributed by atoms with Gasteiger partial charge in [0.05, 0.1) is 17.7 Å². The molecule has 2 rings (SSSR count). The third kappa shape index (κ3) is 2.81. The van der Waals surface area contributed by atoms with Crippen LogP contribution in [0, 0.1) is 4.77 Å². The van der Waals surface area contributed by atoms with Crippen molar-refractivity contribution in [3.63, 3.8) is 0 Å². The Morgan fingerprint density at radius 3 is 2.94 bits per heavy atom. The van der Waals surface area contributed by atoms with Crippen molar-refractivity contribution in [1.29, 1.82) is 0 Å². The van der Waals surface area contributed by atoms with Gasteiger partial charge in [0, 0.05) is 17.3 Å². The Bertz CT molecular complexity index is 617. The van der Waals surface area contributed by atoms with Crippen LogP contribution in [0.25, 0.3) is 11.2 Å². The van der Waals surface area contributed by atoms with Crippen LogP contribution in [0.1, 0.15) is 20.8 Å². The summed E-state index contributed by atoms with van der Waals surface area (Å²) in [5.74, 6) is 0. The molecule has 98 valence electrons. The summed E-state index contributed by atoms with van der Waals surface area (Å²) in [6.07, 6.45) is 1.77. The van der Waals surface area contributed by atoms with E-state index in [4.69, 9.17) is 17.0 Å². The van der Waals surface area contributed by atoms with Gasteiger partial charge in [0.2, 0.25) is 0 Å². The largest absolute Gasteiger partial charge is 0.374 e. The molecule has 18 heavy (non-hydrogen) atoms. The molecule has 0 saturated carbocycles. The van der Waals surface area contributed by atoms with E-state index in [1.807, 2.05) is 17.6 Å². The number of hydrogen-bond acceptors (Lipinski definition) is 3. The van der Waals surface area contributed by atoms with E-state index >= 15 is 0 Å². The van der Waals surface area contributed by atoms with Crippen LogP contribution in [0.5, 0.6) is 0 Å². The number of imidazole rings is 1. The van der Waals surface area contributed by atoms with Crippen LogP contribution >= 0.6 is 28.1 Å². The molecule has 0 saturated heterocycles. The maximum Gasteiger partial charge on any atom is 0.179 e. The molecule has 0 aromatic carbocycles. The fourth-order valence-electron chi connectivity index (χ4n) is 1.98. The third-order valence-electron chi connectivity index (χ3n) is 2.65. The topological polar surface area (TPSA) is 42.8 Å². The Morgan fingerprint density at radius 2 is 2.28 bits per heavy atom. The average Bonchev–Trinajstić information content (AvgIpc) is 2.54. The summed E-state index contributed by atoms with van der Waals surface area (Å²) in [6, 6.07) is 1.97. The van der Waals surface area contributed by atoms with Gasteiger partial charge in [-0.15, -0.1) is 0 Å². The summed E-state index contributed by atoms with van der Waals surface area (Å²) in [5, 5.41) is 0. The number of hydrogen-bond donors (Lipinski definition) is 1. The number of halogens is 1. The lowest BCUT2D eigenvalue weighted by molar-refractivity contribution is -0.0219. The number of nitrogens with zero attached hydrogens (tertiary/aromatic N) is 2. The van der Waals surface area contributed by atoms with Crippen molar-refractivity contribution in [1.82, 2.24) is 14.5 Å². The van der Waals surface area contributed by atoms with Gasteiger partial charge >= 0.3 is 0 Å². The maximum atomic E-state index is 5.71. The minimum atomic E-state index is -0.267. The van der Waals surface area contributed by atoms with E-state index in [-0.39, 0.29) is 5.60 Å². The molecule has 0 fully saturated rings. The first-order valence-electron chi connectivity index (χ1n) is 5.81. The monoisotopic (exact) mass is 329 g/mol. The molecule has 0 radical (unpaired) electrons. The van der Waals surface area contributed by atoms with E-state index in [0.29, 0.717) is 17.9 Å². The fourth-order valence-corrected chi connectivity index (χ4v) is 2.57. The number of ether oxygens (including phenoxy) is 1. The molecule has 0 spiro atoms. The highest BCUT2D eigenvalue weighted by Gasteiger charge is 2.20. The van der Waals surface area contributed by atoms with Gasteiger partial charge in [-0.25, -0.2) is 4.98 Å². The average molecular weight is 330 g/mol. The summed E-state index contributed by atoms with van der Waals surface area (Å²) in [5.41, 5.74) is 1.52. The van der Waals surface area contributed by atoms with Crippen molar-refractivity contribution >= 4 is 39.3 Å². The maximum absolute atomic E-state index is 5.71. The normalized spacial score (nSPS) is 12.2. The van der Waals surface area contributed by atoms with E-state index in [2.05, 4.69) is 39.7 Å². The van der Waals surface area contributed by atoms with Crippen molar-refractivity contribution in [3.8, 4) is 0 Å². The highest BCUT2D eigenvalue weighted by atomic mass is 79.9. The molecule has 0 atom stereocenters. The molecule has 2 heterocycles. The van der Waals surface area contributed by atoms with E-state index in [0.717, 1.165) is 15.6 Å². The molecular weight excluding hydrogens is 314 g/mol. The summed E-state index contributed by atoms with van der Waals surface area (Å²) >= 11 is 8.75. The fraction of sp³-hybridized carbons (Fsp3) is 0.500. The zero-order chi connectivity index (χ0) is 13.3. The lowest BCUT2D eigenvalue weighted by Gasteiger charge is -2.25. The van der Waals surface area contributed by atoms with Gasteiger partial charge in [-0.1, -0.05) is 0 Å². The number of aromatic amines is 1. The van der Waals surface area contributed by atoms with Gasteiger partial charge in [-0.05, 0) is 55.0 Å². The molecule has 2 aromatic rings. The molecule has 2 aromatic heterocycles. The first-order chi connectivity index (χ1) is 8.43. The van der Waals surface area contributed by atoms with Crippen molar-refractivity contribution in [2.45, 2.75) is 32.9 Å². The van der Waals surface area contributed by atoms with Gasteiger partial charge in [0.1, 0.15) is 0 Å². The van der Waals surface area contributed by atoms with Gasteiger partial charge in [0.15, 0.2) is 10.4 Å². The summed E-state index contributed by atoms with van der Waals surface area (Å²) in [6.45, 7) is 7.45. The molecule has 1 N–H and O–H groups in total. The van der Waals surface area contributed by atoms with Crippen LogP contribution in [0.15, 0.2) is 16.7 Å². The van der Waals surface area contributed by atoms with Crippen molar-refractivity contribution in [2.24, 2.45) is 0 Å². The summed E-state index contributed by atoms with van der Waals surface area (Å²) < 4.78 is 9.29. The molecule has 0 amide bonds. The van der Waals surface area contributed by atoms with E-state index in [1.54, 1.807) is 6.20 Å². The van der Waals surface area contributed by atoms with Crippen LogP contribution < -0.4 is 0 Å². The van der Waals surface area contributed by atoms with Gasteiger partial charge < -0.3 is 9.72 Å². The second-order valence-electron chi connectivity index (χ2n) is 4.73. The number of nitrogens with one attached hydrogen (secondary N) is 1. The Kier molecular flexibility index (Phi) is 3.89. The Hall–Kier alpha value is -0.720. The molecule has 0 aliphatic carbocycles. The first-order valence-corrected chi connectivity index (χ1v) is 7.01. The highest BCUT2D eigenvalue weighted by Crippen LogP contribution is 2.20. The molecule has 6 heteroatoms.